The van der Waals surface area contributed by atoms with Crippen molar-refractivity contribution in [3.05, 3.63) is 63.6 Å². The third-order valence-electron chi connectivity index (χ3n) is 3.23. The number of benzene rings is 2. The molecule has 0 heterocycles. The van der Waals surface area contributed by atoms with Crippen molar-refractivity contribution in [1.29, 1.82) is 0 Å². The van der Waals surface area contributed by atoms with Gasteiger partial charge >= 0.3 is 0 Å². The van der Waals surface area contributed by atoms with Gasteiger partial charge in [0.1, 0.15) is 5.75 Å². The molecule has 21 heavy (non-hydrogen) atoms. The molecular formula is C16H17Cl2NO2. The van der Waals surface area contributed by atoms with Crippen LogP contribution in [0.25, 0.3) is 0 Å². The molecule has 0 aliphatic rings. The van der Waals surface area contributed by atoms with Gasteiger partial charge in [-0.3, -0.25) is 0 Å². The highest BCUT2D eigenvalue weighted by Crippen LogP contribution is 2.31. The third-order valence-corrected chi connectivity index (χ3v) is 3.74. The van der Waals surface area contributed by atoms with Crippen molar-refractivity contribution in [2.75, 3.05) is 6.61 Å². The van der Waals surface area contributed by atoms with E-state index in [0.29, 0.717) is 23.6 Å². The Balaban J connectivity index is 2.00. The largest absolute Gasteiger partial charge is 0.506 e. The first-order chi connectivity index (χ1) is 10.1. The highest BCUT2D eigenvalue weighted by atomic mass is 35.5. The summed E-state index contributed by atoms with van der Waals surface area (Å²) in [6, 6.07) is 13.0. The molecule has 0 spiro atoms. The van der Waals surface area contributed by atoms with Crippen LogP contribution in [0.2, 0.25) is 10.0 Å². The number of nitrogens with one attached hydrogen (secondary N) is 1. The smallest absolute Gasteiger partial charge is 0.138 e. The predicted molar refractivity (Wildman–Crippen MR) is 86.0 cm³/mol. The minimum Gasteiger partial charge on any atom is -0.506 e. The number of aromatic hydroxyl groups is 1. The topological polar surface area (TPSA) is 52.5 Å². The van der Waals surface area contributed by atoms with Gasteiger partial charge in [-0.25, -0.2) is 0 Å². The molecule has 2 aromatic carbocycles. The monoisotopic (exact) mass is 325 g/mol. The number of halogens is 2. The standard InChI is InChI=1S/C16H17Cl2NO2/c17-13-7-12(16(21)15(18)8-13)9-19-14(10-20)6-11-4-2-1-3-5-11/h1-5,7-8,14,19-21H,6,9-10H2. The molecular weight excluding hydrogens is 309 g/mol. The molecule has 0 saturated carbocycles. The quantitative estimate of drug-likeness (QED) is 0.763. The summed E-state index contributed by atoms with van der Waals surface area (Å²) < 4.78 is 0. The maximum atomic E-state index is 9.90. The number of aliphatic hydroxyl groups is 1. The molecule has 5 heteroatoms. The zero-order valence-corrected chi connectivity index (χ0v) is 12.9. The molecule has 3 nitrogen and oxygen atoms in total. The van der Waals surface area contributed by atoms with Crippen molar-refractivity contribution in [2.45, 2.75) is 19.0 Å². The van der Waals surface area contributed by atoms with Gasteiger partial charge in [0.15, 0.2) is 0 Å². The Morgan fingerprint density at radius 1 is 1.10 bits per heavy atom. The molecule has 1 unspecified atom stereocenters. The first kappa shape index (κ1) is 16.1. The van der Waals surface area contributed by atoms with E-state index in [2.05, 4.69) is 5.32 Å². The molecule has 1 atom stereocenters. The summed E-state index contributed by atoms with van der Waals surface area (Å²) in [6.07, 6.45) is 0.701. The Morgan fingerprint density at radius 3 is 2.48 bits per heavy atom. The van der Waals surface area contributed by atoms with E-state index >= 15 is 0 Å². The van der Waals surface area contributed by atoms with E-state index in [0.717, 1.165) is 5.56 Å². The van der Waals surface area contributed by atoms with Crippen LogP contribution in [0.1, 0.15) is 11.1 Å². The Bertz CT molecular complexity index is 590. The fraction of sp³-hybridized carbons (Fsp3) is 0.250. The summed E-state index contributed by atoms with van der Waals surface area (Å²) in [5.74, 6) is 0.0185. The van der Waals surface area contributed by atoms with Gasteiger partial charge in [0.2, 0.25) is 0 Å². The lowest BCUT2D eigenvalue weighted by molar-refractivity contribution is 0.240. The first-order valence-corrected chi connectivity index (χ1v) is 7.40. The SMILES string of the molecule is OCC(Cc1ccccc1)NCc1cc(Cl)cc(Cl)c1O. The van der Waals surface area contributed by atoms with Crippen LogP contribution in [-0.4, -0.2) is 22.9 Å². The molecule has 0 bridgehead atoms. The fourth-order valence-corrected chi connectivity index (χ4v) is 2.64. The lowest BCUT2D eigenvalue weighted by Crippen LogP contribution is -2.34. The van der Waals surface area contributed by atoms with Crippen LogP contribution < -0.4 is 5.32 Å². The van der Waals surface area contributed by atoms with E-state index in [1.165, 1.54) is 6.07 Å². The van der Waals surface area contributed by atoms with Gasteiger partial charge in [-0.1, -0.05) is 53.5 Å². The Kier molecular flexibility index (Phi) is 5.88. The number of hydrogen-bond donors (Lipinski definition) is 3. The van der Waals surface area contributed by atoms with Crippen molar-refractivity contribution in [2.24, 2.45) is 0 Å². The van der Waals surface area contributed by atoms with Gasteiger partial charge in [0.25, 0.3) is 0 Å². The number of phenolic OH excluding ortho intramolecular Hbond substituents is 1. The second-order valence-electron chi connectivity index (χ2n) is 4.85. The molecule has 0 amide bonds. The Labute approximate surface area is 134 Å². The van der Waals surface area contributed by atoms with Gasteiger partial charge in [-0.15, -0.1) is 0 Å². The van der Waals surface area contributed by atoms with Crippen molar-refractivity contribution in [1.82, 2.24) is 5.32 Å². The molecule has 2 rings (SSSR count). The van der Waals surface area contributed by atoms with Gasteiger partial charge in [0.05, 0.1) is 11.6 Å². The lowest BCUT2D eigenvalue weighted by atomic mass is 10.1. The normalized spacial score (nSPS) is 12.3. The van der Waals surface area contributed by atoms with Crippen molar-refractivity contribution in [3.8, 4) is 5.75 Å². The zero-order chi connectivity index (χ0) is 15.2. The fourth-order valence-electron chi connectivity index (χ4n) is 2.11. The van der Waals surface area contributed by atoms with E-state index < -0.39 is 0 Å². The Hall–Kier alpha value is -1.26. The molecule has 0 saturated heterocycles. The predicted octanol–water partition coefficient (Wildman–Crippen LogP) is 3.39. The van der Waals surface area contributed by atoms with Crippen LogP contribution in [0.4, 0.5) is 0 Å². The maximum Gasteiger partial charge on any atom is 0.138 e. The molecule has 0 aliphatic carbocycles. The van der Waals surface area contributed by atoms with E-state index in [-0.39, 0.29) is 23.4 Å². The molecule has 3 N–H and O–H groups in total. The Morgan fingerprint density at radius 2 is 1.81 bits per heavy atom. The zero-order valence-electron chi connectivity index (χ0n) is 11.4. The average molecular weight is 326 g/mol. The van der Waals surface area contributed by atoms with Gasteiger partial charge < -0.3 is 15.5 Å². The summed E-state index contributed by atoms with van der Waals surface area (Å²) in [5.41, 5.74) is 1.75. The van der Waals surface area contributed by atoms with E-state index in [1.807, 2.05) is 30.3 Å². The van der Waals surface area contributed by atoms with Crippen molar-refractivity contribution >= 4 is 23.2 Å². The average Bonchev–Trinajstić information content (AvgIpc) is 2.49. The first-order valence-electron chi connectivity index (χ1n) is 6.65. The molecule has 112 valence electrons. The minimum atomic E-state index is -0.107. The molecule has 0 fully saturated rings. The van der Waals surface area contributed by atoms with E-state index in [1.54, 1.807) is 6.07 Å². The molecule has 0 aliphatic heterocycles. The van der Waals surface area contributed by atoms with Gasteiger partial charge in [-0.05, 0) is 24.1 Å². The van der Waals surface area contributed by atoms with Crippen LogP contribution in [0.15, 0.2) is 42.5 Å². The molecule has 2 aromatic rings. The third kappa shape index (κ3) is 4.61. The lowest BCUT2D eigenvalue weighted by Gasteiger charge is -2.17. The maximum absolute atomic E-state index is 9.90. The summed E-state index contributed by atoms with van der Waals surface area (Å²) in [5, 5.41) is 23.3. The van der Waals surface area contributed by atoms with Gasteiger partial charge in [0, 0.05) is 23.2 Å². The summed E-state index contributed by atoms with van der Waals surface area (Å²) in [7, 11) is 0. The highest BCUT2D eigenvalue weighted by molar-refractivity contribution is 6.35. The molecule has 0 radical (unpaired) electrons. The number of phenols is 1. The van der Waals surface area contributed by atoms with Crippen LogP contribution in [0.5, 0.6) is 5.75 Å². The number of hydrogen-bond acceptors (Lipinski definition) is 3. The van der Waals surface area contributed by atoms with E-state index in [9.17, 15) is 10.2 Å². The van der Waals surface area contributed by atoms with Crippen LogP contribution >= 0.6 is 23.2 Å². The number of rotatable bonds is 6. The highest BCUT2D eigenvalue weighted by Gasteiger charge is 2.12. The minimum absolute atomic E-state index is 0.00392. The van der Waals surface area contributed by atoms with Crippen LogP contribution in [0.3, 0.4) is 0 Å². The van der Waals surface area contributed by atoms with Crippen molar-refractivity contribution < 1.29 is 10.2 Å². The summed E-state index contributed by atoms with van der Waals surface area (Å²) in [6.45, 7) is 0.383. The van der Waals surface area contributed by atoms with Crippen LogP contribution in [0, 0.1) is 0 Å². The summed E-state index contributed by atoms with van der Waals surface area (Å²) in [4.78, 5) is 0. The second-order valence-corrected chi connectivity index (χ2v) is 5.69. The van der Waals surface area contributed by atoms with Crippen LogP contribution in [-0.2, 0) is 13.0 Å². The second kappa shape index (κ2) is 7.66. The van der Waals surface area contributed by atoms with Gasteiger partial charge in [-0.2, -0.15) is 0 Å². The molecule has 0 aromatic heterocycles. The summed E-state index contributed by atoms with van der Waals surface area (Å²) >= 11 is 11.8. The number of aliphatic hydroxyl groups excluding tert-OH is 1. The van der Waals surface area contributed by atoms with E-state index in [4.69, 9.17) is 23.2 Å². The van der Waals surface area contributed by atoms with Crippen molar-refractivity contribution in [3.63, 3.8) is 0 Å².